The van der Waals surface area contributed by atoms with Gasteiger partial charge in [-0.25, -0.2) is 4.98 Å². The Kier molecular flexibility index (Phi) is 4.71. The first-order valence-corrected chi connectivity index (χ1v) is 10.9. The molecule has 0 spiro atoms. The zero-order valence-corrected chi connectivity index (χ0v) is 17.6. The van der Waals surface area contributed by atoms with Gasteiger partial charge in [-0.05, 0) is 42.5 Å². The third kappa shape index (κ3) is 3.33. The molecule has 1 N–H and O–H groups in total. The molecule has 0 aliphatic heterocycles. The van der Waals surface area contributed by atoms with E-state index in [0.717, 1.165) is 33.8 Å². The number of thioether (sulfide) groups is 1. The van der Waals surface area contributed by atoms with E-state index in [9.17, 15) is 4.79 Å². The number of benzene rings is 3. The van der Waals surface area contributed by atoms with Crippen LogP contribution in [0.3, 0.4) is 0 Å². The first-order chi connectivity index (χ1) is 14.6. The van der Waals surface area contributed by atoms with Crippen molar-refractivity contribution < 1.29 is 4.79 Å². The minimum absolute atomic E-state index is 0.0166. The smallest absolute Gasteiger partial charge is 0.225 e. The zero-order chi connectivity index (χ0) is 20.7. The quantitative estimate of drug-likeness (QED) is 0.391. The number of aromatic nitrogens is 3. The molecule has 5 nitrogen and oxygen atoms in total. The molecule has 0 unspecified atom stereocenters. The summed E-state index contributed by atoms with van der Waals surface area (Å²) in [5.41, 5.74) is 7.09. The summed E-state index contributed by atoms with van der Waals surface area (Å²) < 4.78 is 0. The van der Waals surface area contributed by atoms with Crippen molar-refractivity contribution >= 4 is 34.1 Å². The lowest BCUT2D eigenvalue weighted by molar-refractivity contribution is -0.115. The molecule has 1 aromatic heterocycles. The molecular weight excluding hydrogens is 392 g/mol. The second-order valence-corrected chi connectivity index (χ2v) is 8.51. The highest BCUT2D eigenvalue weighted by Gasteiger charge is 2.24. The topological polar surface area (TPSA) is 67.8 Å². The van der Waals surface area contributed by atoms with Gasteiger partial charge < -0.3 is 5.32 Å². The highest BCUT2D eigenvalue weighted by atomic mass is 32.2. The van der Waals surface area contributed by atoms with E-state index in [2.05, 4.69) is 46.7 Å². The Morgan fingerprint density at radius 2 is 1.70 bits per heavy atom. The van der Waals surface area contributed by atoms with Gasteiger partial charge in [0.1, 0.15) is 11.4 Å². The number of carbonyl (C=O) groups is 1. The summed E-state index contributed by atoms with van der Waals surface area (Å²) in [7, 11) is 0. The summed E-state index contributed by atoms with van der Waals surface area (Å²) in [5, 5.41) is 14.7. The molecule has 1 aliphatic rings. The molecule has 1 aliphatic carbocycles. The fourth-order valence-corrected chi connectivity index (χ4v) is 4.48. The van der Waals surface area contributed by atoms with Crippen LogP contribution in [0.5, 0.6) is 0 Å². The van der Waals surface area contributed by atoms with Gasteiger partial charge in [0.25, 0.3) is 0 Å². The van der Waals surface area contributed by atoms with Gasteiger partial charge in [-0.2, -0.15) is 0 Å². The third-order valence-corrected chi connectivity index (χ3v) is 6.27. The first-order valence-electron chi connectivity index (χ1n) is 9.87. The fourth-order valence-electron chi connectivity index (χ4n) is 3.75. The van der Waals surface area contributed by atoms with Gasteiger partial charge in [0.2, 0.25) is 11.1 Å². The number of nitrogens with zero attached hydrogens (tertiary/aromatic N) is 3. The van der Waals surface area contributed by atoms with Gasteiger partial charge in [0.15, 0.2) is 0 Å². The fraction of sp³-hybridized carbons (Fsp3) is 0.167. The number of nitrogens with one attached hydrogen (secondary N) is 1. The summed E-state index contributed by atoms with van der Waals surface area (Å²) in [5.74, 6) is 0.575. The number of hydrogen-bond donors (Lipinski definition) is 1. The van der Waals surface area contributed by atoms with Gasteiger partial charge in [0.05, 0.1) is 0 Å². The van der Waals surface area contributed by atoms with E-state index < -0.39 is 0 Å². The zero-order valence-electron chi connectivity index (χ0n) is 16.8. The van der Waals surface area contributed by atoms with Gasteiger partial charge in [-0.1, -0.05) is 54.2 Å². The number of aryl methyl sites for hydroxylation is 2. The van der Waals surface area contributed by atoms with Crippen molar-refractivity contribution in [3.05, 3.63) is 65.7 Å². The molecule has 5 rings (SSSR count). The standard InChI is InChI=1S/C24H20N4OS/c1-14-9-10-17(13-15(14)2)25-20(29)11-12-30-24-26-22-18-7-3-5-16-6-4-8-19(21(16)18)23(22)27-28-24/h3-10,13H,11-12H2,1-2H3,(H,25,29). The van der Waals surface area contributed by atoms with E-state index in [1.165, 1.54) is 28.1 Å². The second kappa shape index (κ2) is 7.54. The minimum atomic E-state index is -0.0166. The Bertz CT molecular complexity index is 1300. The van der Waals surface area contributed by atoms with Crippen LogP contribution in [0.2, 0.25) is 0 Å². The molecule has 1 amide bonds. The summed E-state index contributed by atoms with van der Waals surface area (Å²) >= 11 is 1.45. The van der Waals surface area contributed by atoms with Crippen LogP contribution in [-0.2, 0) is 4.79 Å². The second-order valence-electron chi connectivity index (χ2n) is 7.45. The van der Waals surface area contributed by atoms with Crippen LogP contribution in [0.4, 0.5) is 5.69 Å². The first kappa shape index (κ1) is 18.8. The summed E-state index contributed by atoms with van der Waals surface area (Å²) in [6, 6.07) is 18.4. The van der Waals surface area contributed by atoms with Crippen LogP contribution >= 0.6 is 11.8 Å². The highest BCUT2D eigenvalue weighted by molar-refractivity contribution is 7.99. The van der Waals surface area contributed by atoms with Crippen LogP contribution < -0.4 is 5.32 Å². The number of hydrogen-bond acceptors (Lipinski definition) is 5. The molecule has 0 saturated carbocycles. The maximum atomic E-state index is 12.3. The number of rotatable bonds is 5. The number of fused-ring (bicyclic) bond motifs is 3. The van der Waals surface area contributed by atoms with Gasteiger partial charge in [-0.3, -0.25) is 4.79 Å². The molecule has 0 radical (unpaired) electrons. The number of anilines is 1. The minimum Gasteiger partial charge on any atom is -0.326 e. The summed E-state index contributed by atoms with van der Waals surface area (Å²) in [4.78, 5) is 17.0. The van der Waals surface area contributed by atoms with Gasteiger partial charge in [0, 0.05) is 34.4 Å². The van der Waals surface area contributed by atoms with Crippen LogP contribution in [0.25, 0.3) is 33.3 Å². The van der Waals surface area contributed by atoms with Crippen molar-refractivity contribution in [2.75, 3.05) is 11.1 Å². The van der Waals surface area contributed by atoms with E-state index >= 15 is 0 Å². The molecule has 0 atom stereocenters. The van der Waals surface area contributed by atoms with E-state index in [1.807, 2.05) is 37.3 Å². The summed E-state index contributed by atoms with van der Waals surface area (Å²) in [6.45, 7) is 4.10. The van der Waals surface area contributed by atoms with Crippen molar-refractivity contribution in [1.29, 1.82) is 0 Å². The largest absolute Gasteiger partial charge is 0.326 e. The van der Waals surface area contributed by atoms with Gasteiger partial charge >= 0.3 is 0 Å². The van der Waals surface area contributed by atoms with E-state index in [4.69, 9.17) is 4.98 Å². The van der Waals surface area contributed by atoms with Crippen LogP contribution in [0, 0.1) is 13.8 Å². The SMILES string of the molecule is Cc1ccc(NC(=O)CCSc2nnc3c(n2)-c2cccc4cccc-3c24)cc1C. The predicted molar refractivity (Wildman–Crippen MR) is 122 cm³/mol. The van der Waals surface area contributed by atoms with Crippen LogP contribution in [0.15, 0.2) is 59.8 Å². The monoisotopic (exact) mass is 412 g/mol. The molecule has 1 heterocycles. The summed E-state index contributed by atoms with van der Waals surface area (Å²) in [6.07, 6.45) is 0.383. The molecule has 0 saturated heterocycles. The lowest BCUT2D eigenvalue weighted by Crippen LogP contribution is -2.12. The lowest BCUT2D eigenvalue weighted by Gasteiger charge is -2.07. The van der Waals surface area contributed by atoms with Crippen molar-refractivity contribution in [3.8, 4) is 22.5 Å². The van der Waals surface area contributed by atoms with Gasteiger partial charge in [-0.15, -0.1) is 10.2 Å². The number of carbonyl (C=O) groups excluding carboxylic acids is 1. The maximum Gasteiger partial charge on any atom is 0.225 e. The molecule has 0 bridgehead atoms. The maximum absolute atomic E-state index is 12.3. The lowest BCUT2D eigenvalue weighted by atomic mass is 10.0. The molecule has 3 aromatic carbocycles. The highest BCUT2D eigenvalue weighted by Crippen LogP contribution is 2.44. The predicted octanol–water partition coefficient (Wildman–Crippen LogP) is 5.41. The Morgan fingerprint density at radius 1 is 0.933 bits per heavy atom. The number of amides is 1. The molecular formula is C24H20N4OS. The van der Waals surface area contributed by atoms with Crippen LogP contribution in [-0.4, -0.2) is 26.8 Å². The van der Waals surface area contributed by atoms with Crippen molar-refractivity contribution in [1.82, 2.24) is 15.2 Å². The Balaban J connectivity index is 1.27. The van der Waals surface area contributed by atoms with Crippen molar-refractivity contribution in [3.63, 3.8) is 0 Å². The Morgan fingerprint density at radius 3 is 2.47 bits per heavy atom. The molecule has 6 heteroatoms. The average Bonchev–Trinajstić information content (AvgIpc) is 3.06. The van der Waals surface area contributed by atoms with E-state index in [0.29, 0.717) is 17.3 Å². The van der Waals surface area contributed by atoms with E-state index in [-0.39, 0.29) is 5.91 Å². The van der Waals surface area contributed by atoms with Crippen molar-refractivity contribution in [2.24, 2.45) is 0 Å². The average molecular weight is 413 g/mol. The van der Waals surface area contributed by atoms with E-state index in [1.54, 1.807) is 0 Å². The Labute approximate surface area is 179 Å². The molecule has 148 valence electrons. The van der Waals surface area contributed by atoms with Crippen molar-refractivity contribution in [2.45, 2.75) is 25.4 Å². The normalized spacial score (nSPS) is 11.5. The Hall–Kier alpha value is -3.25. The van der Waals surface area contributed by atoms with Crippen LogP contribution in [0.1, 0.15) is 17.5 Å². The molecule has 0 fully saturated rings. The third-order valence-electron chi connectivity index (χ3n) is 5.43. The molecule has 4 aromatic rings. The molecule has 30 heavy (non-hydrogen) atoms.